The molecule has 0 aliphatic carbocycles. The quantitative estimate of drug-likeness (QED) is 0.426. The molecule has 0 saturated heterocycles. The molecule has 0 atom stereocenters. The van der Waals surface area contributed by atoms with Gasteiger partial charge in [0.2, 0.25) is 0 Å². The molecule has 0 unspecified atom stereocenters. The molecule has 186 valence electrons. The normalized spacial score (nSPS) is 10.5. The van der Waals surface area contributed by atoms with Crippen molar-refractivity contribution in [1.82, 2.24) is 15.1 Å². The molecule has 0 spiro atoms. The van der Waals surface area contributed by atoms with Crippen LogP contribution in [-0.2, 0) is 11.3 Å². The number of methoxy groups -OCH3 is 2. The van der Waals surface area contributed by atoms with Crippen LogP contribution in [0.1, 0.15) is 13.8 Å². The molecule has 3 aromatic rings. The van der Waals surface area contributed by atoms with Gasteiger partial charge in [0, 0.05) is 43.0 Å². The van der Waals surface area contributed by atoms with Crippen LogP contribution in [0, 0.1) is 0 Å². The minimum absolute atomic E-state index is 0.115. The first kappa shape index (κ1) is 25.6. The van der Waals surface area contributed by atoms with Gasteiger partial charge in [-0.2, -0.15) is 5.10 Å². The maximum atomic E-state index is 12.3. The van der Waals surface area contributed by atoms with E-state index >= 15 is 0 Å². The highest BCUT2D eigenvalue weighted by molar-refractivity contribution is 5.77. The zero-order chi connectivity index (χ0) is 25.2. The number of rotatable bonds is 12. The zero-order valence-corrected chi connectivity index (χ0v) is 20.6. The Balaban J connectivity index is 1.56. The fourth-order valence-electron chi connectivity index (χ4n) is 3.62. The second-order valence-electron chi connectivity index (χ2n) is 7.66. The van der Waals surface area contributed by atoms with Crippen LogP contribution in [-0.4, -0.2) is 56.1 Å². The number of anilines is 1. The highest BCUT2D eigenvalue weighted by Gasteiger charge is 2.10. The minimum Gasteiger partial charge on any atom is -0.493 e. The molecule has 3 rings (SSSR count). The van der Waals surface area contributed by atoms with Gasteiger partial charge in [-0.3, -0.25) is 9.59 Å². The smallest absolute Gasteiger partial charge is 0.266 e. The van der Waals surface area contributed by atoms with E-state index in [1.807, 2.05) is 30.3 Å². The van der Waals surface area contributed by atoms with Gasteiger partial charge < -0.3 is 24.4 Å². The van der Waals surface area contributed by atoms with Gasteiger partial charge in [-0.15, -0.1) is 0 Å². The summed E-state index contributed by atoms with van der Waals surface area (Å²) in [7, 11) is 3.13. The van der Waals surface area contributed by atoms with E-state index in [9.17, 15) is 9.59 Å². The second kappa shape index (κ2) is 12.5. The van der Waals surface area contributed by atoms with Crippen molar-refractivity contribution in [1.29, 1.82) is 0 Å². The lowest BCUT2D eigenvalue weighted by Gasteiger charge is -2.21. The van der Waals surface area contributed by atoms with E-state index in [1.165, 1.54) is 10.7 Å². The van der Waals surface area contributed by atoms with Crippen molar-refractivity contribution >= 4 is 11.6 Å². The number of amides is 1. The average Bonchev–Trinajstić information content (AvgIpc) is 2.89. The fraction of sp³-hybridized carbons (Fsp3) is 0.346. The lowest BCUT2D eigenvalue weighted by Crippen LogP contribution is -2.34. The van der Waals surface area contributed by atoms with E-state index in [-0.39, 0.29) is 31.2 Å². The largest absolute Gasteiger partial charge is 0.493 e. The molecule has 35 heavy (non-hydrogen) atoms. The predicted molar refractivity (Wildman–Crippen MR) is 136 cm³/mol. The molecule has 2 aromatic carbocycles. The Morgan fingerprint density at radius 3 is 2.49 bits per heavy atom. The number of aromatic nitrogens is 2. The van der Waals surface area contributed by atoms with E-state index in [2.05, 4.69) is 29.2 Å². The summed E-state index contributed by atoms with van der Waals surface area (Å²) < 4.78 is 17.6. The van der Waals surface area contributed by atoms with E-state index in [4.69, 9.17) is 14.2 Å². The van der Waals surface area contributed by atoms with Gasteiger partial charge in [0.25, 0.3) is 11.5 Å². The molecular formula is C26H32N4O5. The third-order valence-corrected chi connectivity index (χ3v) is 5.51. The van der Waals surface area contributed by atoms with Gasteiger partial charge in [0.05, 0.1) is 26.5 Å². The van der Waals surface area contributed by atoms with E-state index < -0.39 is 0 Å². The first-order valence-electron chi connectivity index (χ1n) is 11.5. The van der Waals surface area contributed by atoms with Gasteiger partial charge in [0.1, 0.15) is 5.75 Å². The lowest BCUT2D eigenvalue weighted by atomic mass is 10.1. The first-order chi connectivity index (χ1) is 17.0. The highest BCUT2D eigenvalue weighted by Crippen LogP contribution is 2.31. The van der Waals surface area contributed by atoms with Crippen LogP contribution in [0.2, 0.25) is 0 Å². The minimum atomic E-state index is -0.276. The molecular weight excluding hydrogens is 448 g/mol. The summed E-state index contributed by atoms with van der Waals surface area (Å²) in [5, 5.41) is 7.20. The van der Waals surface area contributed by atoms with Crippen LogP contribution < -0.4 is 30.0 Å². The summed E-state index contributed by atoms with van der Waals surface area (Å²) in [5.74, 6) is 1.53. The van der Waals surface area contributed by atoms with E-state index in [0.29, 0.717) is 22.9 Å². The van der Waals surface area contributed by atoms with Gasteiger partial charge in [0.15, 0.2) is 18.1 Å². The molecule has 9 heteroatoms. The third-order valence-electron chi connectivity index (χ3n) is 5.51. The molecule has 1 aromatic heterocycles. The van der Waals surface area contributed by atoms with E-state index in [1.54, 1.807) is 32.4 Å². The topological polar surface area (TPSA) is 94.9 Å². The van der Waals surface area contributed by atoms with Crippen LogP contribution >= 0.6 is 0 Å². The average molecular weight is 481 g/mol. The van der Waals surface area contributed by atoms with Gasteiger partial charge in [-0.1, -0.05) is 6.07 Å². The van der Waals surface area contributed by atoms with Crippen LogP contribution in [0.4, 0.5) is 5.69 Å². The lowest BCUT2D eigenvalue weighted by molar-refractivity contribution is -0.123. The number of benzene rings is 2. The van der Waals surface area contributed by atoms with Crippen molar-refractivity contribution in [2.75, 3.05) is 45.4 Å². The Morgan fingerprint density at radius 2 is 1.77 bits per heavy atom. The molecule has 1 N–H and O–H groups in total. The summed E-state index contributed by atoms with van der Waals surface area (Å²) in [6.07, 6.45) is 0. The van der Waals surface area contributed by atoms with Gasteiger partial charge >= 0.3 is 0 Å². The number of hydrogen-bond donors (Lipinski definition) is 1. The monoisotopic (exact) mass is 480 g/mol. The summed E-state index contributed by atoms with van der Waals surface area (Å²) in [4.78, 5) is 26.7. The number of nitrogens with one attached hydrogen (secondary N) is 1. The predicted octanol–water partition coefficient (Wildman–Crippen LogP) is 2.97. The van der Waals surface area contributed by atoms with Crippen molar-refractivity contribution in [2.45, 2.75) is 20.4 Å². The maximum absolute atomic E-state index is 12.3. The van der Waals surface area contributed by atoms with Crippen LogP contribution in [0.3, 0.4) is 0 Å². The molecule has 0 fully saturated rings. The Hall–Kier alpha value is -4.01. The molecule has 1 amide bonds. The third kappa shape index (κ3) is 6.75. The SMILES string of the molecule is CCN(CC)c1cccc(OCC(=O)NCCn2nc(-c3ccc(OC)c(OC)c3)ccc2=O)c1. The first-order valence-corrected chi connectivity index (χ1v) is 11.5. The van der Waals surface area contributed by atoms with Crippen molar-refractivity contribution in [3.63, 3.8) is 0 Å². The molecule has 0 saturated carbocycles. The van der Waals surface area contributed by atoms with Crippen molar-refractivity contribution in [3.8, 4) is 28.5 Å². The summed E-state index contributed by atoms with van der Waals surface area (Å²) in [5.41, 5.74) is 2.18. The zero-order valence-electron chi connectivity index (χ0n) is 20.6. The van der Waals surface area contributed by atoms with Gasteiger partial charge in [-0.05, 0) is 50.2 Å². The fourth-order valence-corrected chi connectivity index (χ4v) is 3.62. The van der Waals surface area contributed by atoms with E-state index in [0.717, 1.165) is 24.3 Å². The number of nitrogens with zero attached hydrogens (tertiary/aromatic N) is 3. The Kier molecular flexibility index (Phi) is 9.11. The summed E-state index contributed by atoms with van der Waals surface area (Å²) in [6.45, 7) is 6.31. The summed E-state index contributed by atoms with van der Waals surface area (Å²) >= 11 is 0. The number of carbonyl (C=O) groups is 1. The molecule has 9 nitrogen and oxygen atoms in total. The highest BCUT2D eigenvalue weighted by atomic mass is 16.5. The molecule has 0 aliphatic heterocycles. The molecule has 0 bridgehead atoms. The number of carbonyl (C=O) groups excluding carboxylic acids is 1. The van der Waals surface area contributed by atoms with Crippen molar-refractivity contribution in [2.24, 2.45) is 0 Å². The number of hydrogen-bond acceptors (Lipinski definition) is 7. The standard InChI is InChI=1S/C26H32N4O5/c1-5-29(6-2)20-8-7-9-21(17-20)35-18-25(31)27-14-15-30-26(32)13-11-22(28-30)19-10-12-23(33-3)24(16-19)34-4/h7-13,16-17H,5-6,14-15,18H2,1-4H3,(H,27,31). The van der Waals surface area contributed by atoms with Crippen LogP contribution in [0.15, 0.2) is 59.4 Å². The molecule has 0 radical (unpaired) electrons. The van der Waals surface area contributed by atoms with Crippen molar-refractivity contribution < 1.29 is 19.0 Å². The Bertz CT molecular complexity index is 1190. The maximum Gasteiger partial charge on any atom is 0.266 e. The Morgan fingerprint density at radius 1 is 1.00 bits per heavy atom. The molecule has 0 aliphatic rings. The second-order valence-corrected chi connectivity index (χ2v) is 7.66. The van der Waals surface area contributed by atoms with Crippen LogP contribution in [0.5, 0.6) is 17.2 Å². The van der Waals surface area contributed by atoms with Crippen LogP contribution in [0.25, 0.3) is 11.3 Å². The molecule has 1 heterocycles. The Labute approximate surface area is 205 Å². The summed E-state index contributed by atoms with van der Waals surface area (Å²) in [6, 6.07) is 16.2. The van der Waals surface area contributed by atoms with Gasteiger partial charge in [-0.25, -0.2) is 4.68 Å². The number of ether oxygens (including phenoxy) is 3. The van der Waals surface area contributed by atoms with Crippen molar-refractivity contribution in [3.05, 3.63) is 65.0 Å².